The number of benzene rings is 1. The highest BCUT2D eigenvalue weighted by atomic mass is 32.5. The Labute approximate surface area is 182 Å². The highest BCUT2D eigenvalue weighted by Gasteiger charge is 2.62. The first-order valence-corrected chi connectivity index (χ1v) is 11.6. The van der Waals surface area contributed by atoms with Gasteiger partial charge in [0.25, 0.3) is 6.43 Å². The van der Waals surface area contributed by atoms with E-state index in [1.54, 1.807) is 24.3 Å². The summed E-state index contributed by atoms with van der Waals surface area (Å²) in [6.07, 6.45) is -10.2. The number of nitrogens with two attached hydrogens (primary N) is 1. The van der Waals surface area contributed by atoms with Gasteiger partial charge >= 0.3 is 12.4 Å². The average Bonchev–Trinajstić information content (AvgIpc) is 3.01. The number of hydrogen-bond acceptors (Lipinski definition) is 9. The number of aliphatic hydroxyl groups excluding tert-OH is 1. The van der Waals surface area contributed by atoms with E-state index in [2.05, 4.69) is 4.98 Å². The lowest BCUT2D eigenvalue weighted by molar-refractivity contribution is -0.193. The number of anilines is 1. The molecule has 1 unspecified atom stereocenters. The van der Waals surface area contributed by atoms with Crippen LogP contribution in [0.2, 0.25) is 0 Å². The molecular weight excluding hydrogens is 481 g/mol. The number of rotatable bonds is 5. The summed E-state index contributed by atoms with van der Waals surface area (Å²) in [6, 6.07) is 6.67. The van der Waals surface area contributed by atoms with Crippen molar-refractivity contribution in [2.45, 2.75) is 37.1 Å². The maximum absolute atomic E-state index is 14.8. The molecule has 0 radical (unpaired) electrons. The number of nitrogens with zero attached hydrogens (tertiary/aromatic N) is 2. The van der Waals surface area contributed by atoms with Crippen molar-refractivity contribution in [3.63, 3.8) is 0 Å². The van der Waals surface area contributed by atoms with Crippen molar-refractivity contribution in [1.82, 2.24) is 9.55 Å². The fourth-order valence-electron chi connectivity index (χ4n) is 3.25. The summed E-state index contributed by atoms with van der Waals surface area (Å²) in [5.74, 6) is -1.65. The topological polar surface area (TPSA) is 118 Å². The van der Waals surface area contributed by atoms with E-state index in [-0.39, 0.29) is 11.2 Å². The summed E-state index contributed by atoms with van der Waals surface area (Å²) in [7, 11) is 0. The number of hydrogen-bond donors (Lipinski definition) is 2. The molecule has 32 heavy (non-hydrogen) atoms. The molecule has 2 aliphatic heterocycles. The second-order valence-electron chi connectivity index (χ2n) is 7.01. The van der Waals surface area contributed by atoms with Gasteiger partial charge < -0.3 is 20.1 Å². The zero-order valence-electron chi connectivity index (χ0n) is 15.9. The van der Waals surface area contributed by atoms with Crippen LogP contribution in [0.1, 0.15) is 11.8 Å². The number of aliphatic hydroxyl groups is 1. The lowest BCUT2D eigenvalue weighted by atomic mass is 9.97. The van der Waals surface area contributed by atoms with Gasteiger partial charge in [-0.1, -0.05) is 18.2 Å². The van der Waals surface area contributed by atoms with Gasteiger partial charge in [0.1, 0.15) is 11.9 Å². The molecule has 1 aromatic carbocycles. The fraction of sp³-hybridized carbons (Fsp3) is 0.412. The van der Waals surface area contributed by atoms with Gasteiger partial charge in [0.15, 0.2) is 29.6 Å². The van der Waals surface area contributed by atoms with Gasteiger partial charge in [-0.15, -0.1) is 0 Å². The van der Waals surface area contributed by atoms with Gasteiger partial charge in [-0.25, -0.2) is 22.4 Å². The number of aromatic nitrogens is 2. The molecule has 9 nitrogen and oxygen atoms in total. The second-order valence-corrected chi connectivity index (χ2v) is 9.95. The number of nitrogen functional groups attached to an aromatic ring is 1. The van der Waals surface area contributed by atoms with E-state index in [4.69, 9.17) is 35.8 Å². The Kier molecular flexibility index (Phi) is 6.03. The Morgan fingerprint density at radius 2 is 2.16 bits per heavy atom. The molecule has 3 heterocycles. The van der Waals surface area contributed by atoms with Gasteiger partial charge in [-0.05, 0) is 6.07 Å². The van der Waals surface area contributed by atoms with Crippen LogP contribution in [0.5, 0.6) is 5.75 Å². The van der Waals surface area contributed by atoms with Crippen LogP contribution in [0.15, 0.2) is 35.3 Å². The third-order valence-electron chi connectivity index (χ3n) is 5.00. The molecule has 2 aromatic rings. The summed E-state index contributed by atoms with van der Waals surface area (Å²) in [5.41, 5.74) is 1.60. The minimum Gasteiger partial charge on any atom is -0.424 e. The lowest BCUT2D eigenvalue weighted by Crippen LogP contribution is -2.52. The van der Waals surface area contributed by atoms with Crippen molar-refractivity contribution in [3.8, 4) is 5.75 Å². The van der Waals surface area contributed by atoms with E-state index in [0.29, 0.717) is 17.5 Å². The summed E-state index contributed by atoms with van der Waals surface area (Å²) in [6.45, 7) is -4.77. The third-order valence-corrected chi connectivity index (χ3v) is 7.17. The van der Waals surface area contributed by atoms with Crippen molar-refractivity contribution in [2.75, 3.05) is 12.3 Å². The molecule has 0 saturated carbocycles. The van der Waals surface area contributed by atoms with E-state index in [1.165, 1.54) is 0 Å². The quantitative estimate of drug-likeness (QED) is 0.473. The summed E-state index contributed by atoms with van der Waals surface area (Å²) < 4.78 is 78.2. The number of para-hydroxylation sites is 1. The van der Waals surface area contributed by atoms with Crippen LogP contribution in [-0.4, -0.2) is 45.6 Å². The molecular formula is C17H16F4N3O6PS. The van der Waals surface area contributed by atoms with E-state index < -0.39 is 61.2 Å². The largest absolute Gasteiger partial charge is 0.424 e. The van der Waals surface area contributed by atoms with Crippen LogP contribution in [0.4, 0.5) is 23.4 Å². The first kappa shape index (κ1) is 23.1. The van der Waals surface area contributed by atoms with Crippen molar-refractivity contribution in [1.29, 1.82) is 0 Å². The first-order chi connectivity index (χ1) is 15.1. The molecule has 0 amide bonds. The van der Waals surface area contributed by atoms with Gasteiger partial charge in [0, 0.05) is 17.4 Å². The zero-order chi connectivity index (χ0) is 23.3. The molecule has 1 fully saturated rings. The van der Waals surface area contributed by atoms with Crippen LogP contribution in [0.25, 0.3) is 0 Å². The van der Waals surface area contributed by atoms with E-state index in [0.717, 1.165) is 0 Å². The van der Waals surface area contributed by atoms with Crippen LogP contribution < -0.4 is 15.9 Å². The molecule has 3 N–H and O–H groups in total. The molecule has 2 aliphatic rings. The first-order valence-electron chi connectivity index (χ1n) is 9.05. The molecule has 5 atom stereocenters. The molecule has 15 heteroatoms. The van der Waals surface area contributed by atoms with Crippen LogP contribution >= 0.6 is 6.72 Å². The lowest BCUT2D eigenvalue weighted by Gasteiger charge is -2.34. The molecule has 4 rings (SSSR count). The predicted molar refractivity (Wildman–Crippen MR) is 105 cm³/mol. The monoisotopic (exact) mass is 497 g/mol. The Bertz CT molecular complexity index is 1140. The fourth-order valence-corrected chi connectivity index (χ4v) is 5.06. The van der Waals surface area contributed by atoms with Gasteiger partial charge in [-0.2, -0.15) is 4.98 Å². The highest BCUT2D eigenvalue weighted by Crippen LogP contribution is 2.56. The number of halogens is 4. The van der Waals surface area contributed by atoms with Crippen molar-refractivity contribution < 1.29 is 41.0 Å². The Morgan fingerprint density at radius 1 is 1.44 bits per heavy atom. The molecule has 0 bridgehead atoms. The Morgan fingerprint density at radius 3 is 2.88 bits per heavy atom. The van der Waals surface area contributed by atoms with E-state index >= 15 is 0 Å². The van der Waals surface area contributed by atoms with Crippen molar-refractivity contribution in [2.24, 2.45) is 0 Å². The minimum atomic E-state index is -3.61. The van der Waals surface area contributed by atoms with Crippen LogP contribution in [-0.2, 0) is 32.2 Å². The molecule has 1 saturated heterocycles. The number of alkyl halides is 3. The maximum Gasteiger partial charge on any atom is 0.381 e. The second kappa shape index (κ2) is 8.36. The summed E-state index contributed by atoms with van der Waals surface area (Å²) >= 11 is 5.18. The zero-order valence-corrected chi connectivity index (χ0v) is 17.6. The number of ether oxygens (including phenoxy) is 1. The van der Waals surface area contributed by atoms with Crippen LogP contribution in [0.3, 0.4) is 0 Å². The van der Waals surface area contributed by atoms with Crippen LogP contribution in [0, 0.1) is 5.82 Å². The van der Waals surface area contributed by atoms with Crippen molar-refractivity contribution >= 4 is 24.3 Å². The molecule has 0 spiro atoms. The van der Waals surface area contributed by atoms with E-state index in [9.17, 15) is 27.5 Å². The SMILES string of the molecule is Nc1nc(=O)n([C@@H]2O[C@@](COP3(=S)OCc4ccccc4O3)(C(F)F)[C@@H](O)[C@@H]2F)cc1F. The van der Waals surface area contributed by atoms with Crippen molar-refractivity contribution in [3.05, 3.63) is 52.3 Å². The summed E-state index contributed by atoms with van der Waals surface area (Å²) in [4.78, 5) is 15.1. The number of fused-ring (bicyclic) bond motifs is 1. The minimum absolute atomic E-state index is 0.0152. The van der Waals surface area contributed by atoms with Gasteiger partial charge in [0.05, 0.1) is 19.4 Å². The molecule has 174 valence electrons. The Hall–Kier alpha value is -2.09. The van der Waals surface area contributed by atoms with Gasteiger partial charge in [0.2, 0.25) is 0 Å². The van der Waals surface area contributed by atoms with Gasteiger partial charge in [-0.3, -0.25) is 13.6 Å². The predicted octanol–water partition coefficient (Wildman–Crippen LogP) is 2.05. The standard InChI is InChI=1S/C17H16F4N3O6PS/c18-9-5-24(16(26)23-13(9)22)14-11(19)12(25)17(29-14,15(20)21)7-28-31(32)27-6-8-3-1-2-4-10(8)30-31/h1-5,11-12,14-15,25H,6-7H2,(H2,22,23,26)/t11-,12-,14+,17+,31?/m0/s1. The summed E-state index contributed by atoms with van der Waals surface area (Å²) in [5, 5.41) is 10.3. The highest BCUT2D eigenvalue weighted by molar-refractivity contribution is 8.07. The maximum atomic E-state index is 14.8. The molecule has 1 aromatic heterocycles. The normalized spacial score (nSPS) is 32.0. The Balaban J connectivity index is 1.59. The third kappa shape index (κ3) is 3.91. The van der Waals surface area contributed by atoms with E-state index in [1.807, 2.05) is 0 Å². The average molecular weight is 497 g/mol. The smallest absolute Gasteiger partial charge is 0.381 e. The molecule has 0 aliphatic carbocycles.